The Kier molecular flexibility index (Phi) is 3.77. The van der Waals surface area contributed by atoms with Crippen LogP contribution in [0.15, 0.2) is 40.9 Å². The molecule has 7 nitrogen and oxygen atoms in total. The van der Waals surface area contributed by atoms with Crippen molar-refractivity contribution in [2.45, 2.75) is 6.61 Å². The fourth-order valence-electron chi connectivity index (χ4n) is 1.29. The molecule has 0 saturated heterocycles. The molecule has 1 heterocycles. The topological polar surface area (TPSA) is 102 Å². The Morgan fingerprint density at radius 3 is 2.68 bits per heavy atom. The number of hydrogen-bond donors (Lipinski definition) is 2. The molecule has 0 spiro atoms. The molecule has 2 aromatic rings. The van der Waals surface area contributed by atoms with Crippen molar-refractivity contribution in [2.24, 2.45) is 0 Å². The highest BCUT2D eigenvalue weighted by Gasteiger charge is 2.13. The molecule has 0 aliphatic heterocycles. The van der Waals surface area contributed by atoms with E-state index in [1.807, 2.05) is 30.3 Å². The minimum Gasteiger partial charge on any atom is -0.476 e. The molecule has 1 amide bonds. The summed E-state index contributed by atoms with van der Waals surface area (Å²) in [6, 6.07) is 10.2. The summed E-state index contributed by atoms with van der Waals surface area (Å²) in [6.07, 6.45) is -0.753. The second-order valence-corrected chi connectivity index (χ2v) is 3.57. The third kappa shape index (κ3) is 3.56. The summed E-state index contributed by atoms with van der Waals surface area (Å²) >= 11 is 0. The molecule has 0 fully saturated rings. The van der Waals surface area contributed by atoms with Crippen LogP contribution in [0.4, 0.5) is 10.7 Å². The van der Waals surface area contributed by atoms with Gasteiger partial charge in [-0.3, -0.25) is 5.32 Å². The van der Waals surface area contributed by atoms with Crippen molar-refractivity contribution in [3.05, 3.63) is 47.7 Å². The molecular formula is C12H10N2O5. The zero-order valence-electron chi connectivity index (χ0n) is 9.70. The predicted octanol–water partition coefficient (Wildman–Crippen LogP) is 2.12. The minimum atomic E-state index is -1.24. The highest BCUT2D eigenvalue weighted by molar-refractivity contribution is 5.88. The monoisotopic (exact) mass is 262 g/mol. The van der Waals surface area contributed by atoms with Gasteiger partial charge in [-0.25, -0.2) is 9.59 Å². The second-order valence-electron chi connectivity index (χ2n) is 3.57. The molecule has 0 bridgehead atoms. The maximum Gasteiger partial charge on any atom is 0.414 e. The quantitative estimate of drug-likeness (QED) is 0.875. The van der Waals surface area contributed by atoms with E-state index in [0.717, 1.165) is 11.6 Å². The van der Waals surface area contributed by atoms with Crippen molar-refractivity contribution in [1.82, 2.24) is 5.16 Å². The standard InChI is InChI=1S/C12H10N2O5/c15-11(16)9-6-10(19-14-9)13-12(17)18-7-8-4-2-1-3-5-8/h1-6H,7H2,(H,13,17)(H,15,16). The van der Waals surface area contributed by atoms with Crippen molar-refractivity contribution in [3.63, 3.8) is 0 Å². The lowest BCUT2D eigenvalue weighted by molar-refractivity contribution is 0.0686. The van der Waals surface area contributed by atoms with Crippen LogP contribution in [0.2, 0.25) is 0 Å². The SMILES string of the molecule is O=C(Nc1cc(C(=O)O)no1)OCc1ccccc1. The van der Waals surface area contributed by atoms with Gasteiger partial charge in [0.05, 0.1) is 0 Å². The molecule has 0 saturated carbocycles. The fourth-order valence-corrected chi connectivity index (χ4v) is 1.29. The molecule has 2 rings (SSSR count). The normalized spacial score (nSPS) is 9.89. The van der Waals surface area contributed by atoms with Crippen molar-refractivity contribution in [2.75, 3.05) is 5.32 Å². The Morgan fingerprint density at radius 2 is 2.05 bits per heavy atom. The number of hydrogen-bond acceptors (Lipinski definition) is 5. The van der Waals surface area contributed by atoms with Gasteiger partial charge in [-0.05, 0) is 5.56 Å². The van der Waals surface area contributed by atoms with Gasteiger partial charge in [-0.1, -0.05) is 35.5 Å². The number of benzene rings is 1. The summed E-state index contributed by atoms with van der Waals surface area (Å²) in [6.45, 7) is 0.104. The van der Waals surface area contributed by atoms with E-state index in [-0.39, 0.29) is 18.2 Å². The van der Waals surface area contributed by atoms with E-state index >= 15 is 0 Å². The van der Waals surface area contributed by atoms with E-state index in [1.54, 1.807) is 0 Å². The van der Waals surface area contributed by atoms with Gasteiger partial charge in [0, 0.05) is 6.07 Å². The Labute approximate surface area is 107 Å². The molecule has 2 N–H and O–H groups in total. The molecule has 19 heavy (non-hydrogen) atoms. The number of aromatic nitrogens is 1. The first kappa shape index (κ1) is 12.6. The van der Waals surface area contributed by atoms with Crippen LogP contribution in [0.3, 0.4) is 0 Å². The van der Waals surface area contributed by atoms with Crippen LogP contribution in [-0.4, -0.2) is 22.3 Å². The summed E-state index contributed by atoms with van der Waals surface area (Å²) in [5.74, 6) is -1.33. The molecule has 7 heteroatoms. The third-order valence-corrected chi connectivity index (χ3v) is 2.17. The van der Waals surface area contributed by atoms with E-state index in [9.17, 15) is 9.59 Å². The molecule has 0 atom stereocenters. The predicted molar refractivity (Wildman–Crippen MR) is 63.7 cm³/mol. The zero-order chi connectivity index (χ0) is 13.7. The average molecular weight is 262 g/mol. The van der Waals surface area contributed by atoms with Crippen molar-refractivity contribution in [1.29, 1.82) is 0 Å². The summed E-state index contributed by atoms with van der Waals surface area (Å²) in [7, 11) is 0. The number of carboxylic acids is 1. The maximum atomic E-state index is 11.4. The molecule has 1 aromatic heterocycles. The van der Waals surface area contributed by atoms with Gasteiger partial charge in [-0.15, -0.1) is 0 Å². The van der Waals surface area contributed by atoms with Gasteiger partial charge >= 0.3 is 12.1 Å². The zero-order valence-corrected chi connectivity index (χ0v) is 9.70. The van der Waals surface area contributed by atoms with Crippen LogP contribution in [0.5, 0.6) is 0 Å². The Bertz CT molecular complexity index is 579. The lowest BCUT2D eigenvalue weighted by Crippen LogP contribution is -2.13. The third-order valence-electron chi connectivity index (χ3n) is 2.17. The molecule has 0 aliphatic rings. The highest BCUT2D eigenvalue weighted by atomic mass is 16.6. The van der Waals surface area contributed by atoms with Crippen LogP contribution < -0.4 is 5.32 Å². The number of nitrogens with one attached hydrogen (secondary N) is 1. The number of anilines is 1. The van der Waals surface area contributed by atoms with Gasteiger partial charge < -0.3 is 14.4 Å². The van der Waals surface area contributed by atoms with Crippen molar-refractivity contribution >= 4 is 17.9 Å². The largest absolute Gasteiger partial charge is 0.476 e. The minimum absolute atomic E-state index is 0.0875. The number of carboxylic acid groups (broad SMARTS) is 1. The number of nitrogens with zero attached hydrogens (tertiary/aromatic N) is 1. The molecule has 0 aliphatic carbocycles. The van der Waals surface area contributed by atoms with Gasteiger partial charge in [0.15, 0.2) is 5.69 Å². The smallest absolute Gasteiger partial charge is 0.414 e. The first-order valence-corrected chi connectivity index (χ1v) is 5.33. The van der Waals surface area contributed by atoms with Crippen LogP contribution in [0, 0.1) is 0 Å². The Hall–Kier alpha value is -2.83. The Morgan fingerprint density at radius 1 is 1.32 bits per heavy atom. The number of carbonyl (C=O) groups excluding carboxylic acids is 1. The Balaban J connectivity index is 1.85. The lowest BCUT2D eigenvalue weighted by atomic mass is 10.2. The number of amides is 1. The lowest BCUT2D eigenvalue weighted by Gasteiger charge is -2.04. The number of ether oxygens (including phenoxy) is 1. The summed E-state index contributed by atoms with van der Waals surface area (Å²) in [5.41, 5.74) is 0.541. The molecule has 1 aromatic carbocycles. The van der Waals surface area contributed by atoms with Crippen LogP contribution >= 0.6 is 0 Å². The van der Waals surface area contributed by atoms with Crippen LogP contribution in [0.25, 0.3) is 0 Å². The van der Waals surface area contributed by atoms with Crippen LogP contribution in [0.1, 0.15) is 16.1 Å². The highest BCUT2D eigenvalue weighted by Crippen LogP contribution is 2.10. The first-order valence-electron chi connectivity index (χ1n) is 5.33. The molecule has 0 unspecified atom stereocenters. The molecule has 0 radical (unpaired) electrons. The van der Waals surface area contributed by atoms with Crippen molar-refractivity contribution < 1.29 is 24.0 Å². The second kappa shape index (κ2) is 5.67. The van der Waals surface area contributed by atoms with Gasteiger partial charge in [-0.2, -0.15) is 0 Å². The van der Waals surface area contributed by atoms with E-state index in [1.165, 1.54) is 0 Å². The summed E-state index contributed by atoms with van der Waals surface area (Å²) in [4.78, 5) is 21.9. The molecular weight excluding hydrogens is 252 g/mol. The number of aromatic carboxylic acids is 1. The molecule has 98 valence electrons. The fraction of sp³-hybridized carbons (Fsp3) is 0.0833. The summed E-state index contributed by atoms with van der Waals surface area (Å²) < 4.78 is 9.52. The average Bonchev–Trinajstić information content (AvgIpc) is 2.86. The number of rotatable bonds is 4. The van der Waals surface area contributed by atoms with Gasteiger partial charge in [0.25, 0.3) is 0 Å². The van der Waals surface area contributed by atoms with Crippen molar-refractivity contribution in [3.8, 4) is 0 Å². The summed E-state index contributed by atoms with van der Waals surface area (Å²) in [5, 5.41) is 14.1. The van der Waals surface area contributed by atoms with Gasteiger partial charge in [0.2, 0.25) is 5.88 Å². The maximum absolute atomic E-state index is 11.4. The van der Waals surface area contributed by atoms with E-state index in [4.69, 9.17) is 9.84 Å². The van der Waals surface area contributed by atoms with E-state index in [0.29, 0.717) is 0 Å². The van der Waals surface area contributed by atoms with E-state index in [2.05, 4.69) is 15.0 Å². The number of carbonyl (C=O) groups is 2. The van der Waals surface area contributed by atoms with Crippen LogP contribution in [-0.2, 0) is 11.3 Å². The van der Waals surface area contributed by atoms with E-state index < -0.39 is 12.1 Å². The first-order chi connectivity index (χ1) is 9.15. The van der Waals surface area contributed by atoms with Gasteiger partial charge in [0.1, 0.15) is 6.61 Å².